The van der Waals surface area contributed by atoms with E-state index in [0.717, 1.165) is 22.2 Å². The molecule has 1 fully saturated rings. The van der Waals surface area contributed by atoms with Crippen LogP contribution in [-0.2, 0) is 15.6 Å². The fourth-order valence-electron chi connectivity index (χ4n) is 3.73. The molecule has 2 aliphatic rings. The lowest BCUT2D eigenvalue weighted by Gasteiger charge is -2.28. The summed E-state index contributed by atoms with van der Waals surface area (Å²) >= 11 is 1.70. The fourth-order valence-corrected chi connectivity index (χ4v) is 6.64. The number of aryl methyl sites for hydroxylation is 3. The van der Waals surface area contributed by atoms with Crippen LogP contribution in [0.3, 0.4) is 0 Å². The van der Waals surface area contributed by atoms with Crippen molar-refractivity contribution in [2.24, 2.45) is 4.99 Å². The molecule has 0 aliphatic carbocycles. The molecule has 0 saturated carbocycles. The van der Waals surface area contributed by atoms with E-state index in [0.29, 0.717) is 0 Å². The summed E-state index contributed by atoms with van der Waals surface area (Å²) in [6.07, 6.45) is 0. The van der Waals surface area contributed by atoms with Crippen LogP contribution in [0, 0.1) is 20.8 Å². The van der Waals surface area contributed by atoms with Crippen molar-refractivity contribution >= 4 is 32.5 Å². The Labute approximate surface area is 165 Å². The Bertz CT molecular complexity index is 997. The van der Waals surface area contributed by atoms with Crippen LogP contribution in [0.2, 0.25) is 0 Å². The molecule has 4 nitrogen and oxygen atoms in total. The molecule has 0 N–H and O–H groups in total. The van der Waals surface area contributed by atoms with Crippen molar-refractivity contribution in [2.45, 2.75) is 38.6 Å². The third-order valence-corrected chi connectivity index (χ3v) is 7.96. The standard InChI is InChI=1S/C21H24N2O2S2/c1-14-5-8-17(9-6-14)11-26-21-22-18-12-27(24,25)13-20(18)23(21)19-10-15(2)4-7-16(19)3/h4-10,18,20H,11-13H2,1-3H3/t18-,20+/m0/s1. The Balaban J connectivity index is 1.65. The molecule has 0 amide bonds. The Morgan fingerprint density at radius 2 is 1.74 bits per heavy atom. The highest BCUT2D eigenvalue weighted by molar-refractivity contribution is 8.13. The minimum absolute atomic E-state index is 0.0870. The van der Waals surface area contributed by atoms with Gasteiger partial charge in [-0.25, -0.2) is 8.42 Å². The number of hydrogen-bond acceptors (Lipinski definition) is 5. The topological polar surface area (TPSA) is 49.7 Å². The highest BCUT2D eigenvalue weighted by Gasteiger charge is 2.47. The Hall–Kier alpha value is -1.79. The number of hydrogen-bond donors (Lipinski definition) is 0. The average molecular weight is 401 g/mol. The highest BCUT2D eigenvalue weighted by Crippen LogP contribution is 2.37. The summed E-state index contributed by atoms with van der Waals surface area (Å²) in [6.45, 7) is 6.23. The second-order valence-electron chi connectivity index (χ2n) is 7.56. The molecule has 6 heteroatoms. The van der Waals surface area contributed by atoms with E-state index in [1.807, 2.05) is 0 Å². The van der Waals surface area contributed by atoms with Crippen molar-refractivity contribution in [1.82, 2.24) is 0 Å². The van der Waals surface area contributed by atoms with E-state index in [1.165, 1.54) is 16.7 Å². The van der Waals surface area contributed by atoms with Crippen LogP contribution in [0.25, 0.3) is 0 Å². The number of nitrogens with zero attached hydrogens (tertiary/aromatic N) is 2. The summed E-state index contributed by atoms with van der Waals surface area (Å²) in [5.41, 5.74) is 5.89. The normalized spacial score (nSPS) is 23.4. The van der Waals surface area contributed by atoms with Gasteiger partial charge >= 0.3 is 0 Å². The number of aliphatic imine (C=N–C) groups is 1. The SMILES string of the molecule is Cc1ccc(CSC2=N[C@H]3CS(=O)(=O)C[C@H]3N2c2cc(C)ccc2C)cc1. The molecule has 142 valence electrons. The largest absolute Gasteiger partial charge is 0.315 e. The monoisotopic (exact) mass is 400 g/mol. The first-order valence-corrected chi connectivity index (χ1v) is 12.0. The molecular formula is C21H24N2O2S2. The van der Waals surface area contributed by atoms with Gasteiger partial charge in [-0.05, 0) is 43.5 Å². The molecule has 2 aliphatic heterocycles. The molecule has 0 spiro atoms. The van der Waals surface area contributed by atoms with Crippen LogP contribution in [-0.4, -0.2) is 37.2 Å². The van der Waals surface area contributed by atoms with Gasteiger partial charge in [-0.1, -0.05) is 53.7 Å². The number of amidine groups is 1. The van der Waals surface area contributed by atoms with Crippen LogP contribution in [0.4, 0.5) is 5.69 Å². The van der Waals surface area contributed by atoms with Crippen molar-refractivity contribution in [2.75, 3.05) is 16.4 Å². The van der Waals surface area contributed by atoms with Crippen LogP contribution < -0.4 is 4.90 Å². The molecule has 0 unspecified atom stereocenters. The second kappa shape index (κ2) is 6.99. The van der Waals surface area contributed by atoms with Crippen molar-refractivity contribution < 1.29 is 8.42 Å². The maximum absolute atomic E-state index is 12.2. The van der Waals surface area contributed by atoms with Gasteiger partial charge in [0.2, 0.25) is 0 Å². The lowest BCUT2D eigenvalue weighted by molar-refractivity contribution is 0.601. The Morgan fingerprint density at radius 1 is 1.04 bits per heavy atom. The fraction of sp³-hybridized carbons (Fsp3) is 0.381. The number of benzene rings is 2. The maximum atomic E-state index is 12.2. The van der Waals surface area contributed by atoms with Gasteiger partial charge in [0, 0.05) is 11.4 Å². The summed E-state index contributed by atoms with van der Waals surface area (Å²) in [5.74, 6) is 1.17. The van der Waals surface area contributed by atoms with E-state index in [1.54, 1.807) is 11.8 Å². The zero-order chi connectivity index (χ0) is 19.2. The lowest BCUT2D eigenvalue weighted by atomic mass is 10.1. The summed E-state index contributed by atoms with van der Waals surface area (Å²) in [7, 11) is -3.02. The number of fused-ring (bicyclic) bond motifs is 1. The molecule has 0 bridgehead atoms. The van der Waals surface area contributed by atoms with E-state index in [-0.39, 0.29) is 23.6 Å². The van der Waals surface area contributed by atoms with E-state index in [9.17, 15) is 8.42 Å². The number of thioether (sulfide) groups is 1. The van der Waals surface area contributed by atoms with Crippen LogP contribution in [0.1, 0.15) is 22.3 Å². The van der Waals surface area contributed by atoms with Gasteiger partial charge in [-0.3, -0.25) is 4.99 Å². The smallest absolute Gasteiger partial charge is 0.164 e. The van der Waals surface area contributed by atoms with Crippen molar-refractivity contribution in [3.63, 3.8) is 0 Å². The second-order valence-corrected chi connectivity index (χ2v) is 10.7. The molecule has 2 aromatic rings. The first-order chi connectivity index (χ1) is 12.8. The van der Waals surface area contributed by atoms with E-state index >= 15 is 0 Å². The van der Waals surface area contributed by atoms with Crippen LogP contribution >= 0.6 is 11.8 Å². The third kappa shape index (κ3) is 3.78. The number of anilines is 1. The third-order valence-electron chi connectivity index (χ3n) is 5.22. The first-order valence-electron chi connectivity index (χ1n) is 9.15. The minimum Gasteiger partial charge on any atom is -0.315 e. The molecule has 0 radical (unpaired) electrons. The lowest BCUT2D eigenvalue weighted by Crippen LogP contribution is -2.39. The van der Waals surface area contributed by atoms with Crippen molar-refractivity contribution in [3.05, 3.63) is 64.7 Å². The minimum atomic E-state index is -3.02. The Kier molecular flexibility index (Phi) is 4.80. The van der Waals surface area contributed by atoms with Gasteiger partial charge in [0.1, 0.15) is 0 Å². The number of rotatable bonds is 3. The molecule has 27 heavy (non-hydrogen) atoms. The summed E-state index contributed by atoms with van der Waals surface area (Å²) < 4.78 is 24.4. The van der Waals surface area contributed by atoms with Crippen molar-refractivity contribution in [3.8, 4) is 0 Å². The molecule has 2 atom stereocenters. The van der Waals surface area contributed by atoms with Gasteiger partial charge in [-0.15, -0.1) is 0 Å². The molecular weight excluding hydrogens is 376 g/mol. The maximum Gasteiger partial charge on any atom is 0.164 e. The molecule has 2 aromatic carbocycles. The highest BCUT2D eigenvalue weighted by atomic mass is 32.2. The van der Waals surface area contributed by atoms with Gasteiger partial charge in [0.25, 0.3) is 0 Å². The van der Waals surface area contributed by atoms with Crippen LogP contribution in [0.15, 0.2) is 47.5 Å². The predicted octanol–water partition coefficient (Wildman–Crippen LogP) is 3.89. The summed E-state index contributed by atoms with van der Waals surface area (Å²) in [5, 5.41) is 0.939. The van der Waals surface area contributed by atoms with E-state index in [2.05, 4.69) is 68.1 Å². The van der Waals surface area contributed by atoms with Gasteiger partial charge in [-0.2, -0.15) is 0 Å². The van der Waals surface area contributed by atoms with Gasteiger partial charge < -0.3 is 4.90 Å². The average Bonchev–Trinajstić information content (AvgIpc) is 3.08. The molecule has 2 heterocycles. The molecule has 4 rings (SSSR count). The van der Waals surface area contributed by atoms with Gasteiger partial charge in [0.15, 0.2) is 15.0 Å². The van der Waals surface area contributed by atoms with Crippen molar-refractivity contribution in [1.29, 1.82) is 0 Å². The number of sulfone groups is 1. The molecule has 0 aromatic heterocycles. The van der Waals surface area contributed by atoms with Gasteiger partial charge in [0.05, 0.1) is 23.6 Å². The van der Waals surface area contributed by atoms with E-state index in [4.69, 9.17) is 4.99 Å². The zero-order valence-corrected chi connectivity index (χ0v) is 17.5. The predicted molar refractivity (Wildman–Crippen MR) is 115 cm³/mol. The Morgan fingerprint density at radius 3 is 2.48 bits per heavy atom. The quantitative estimate of drug-likeness (QED) is 0.784. The zero-order valence-electron chi connectivity index (χ0n) is 15.8. The summed E-state index contributed by atoms with van der Waals surface area (Å²) in [4.78, 5) is 7.01. The van der Waals surface area contributed by atoms with Crippen LogP contribution in [0.5, 0.6) is 0 Å². The van der Waals surface area contributed by atoms with E-state index < -0.39 is 9.84 Å². The molecule has 1 saturated heterocycles. The summed E-state index contributed by atoms with van der Waals surface area (Å²) in [6, 6.07) is 14.6. The first kappa shape index (κ1) is 18.6.